The summed E-state index contributed by atoms with van der Waals surface area (Å²) in [6.45, 7) is 6.96. The molecule has 0 radical (unpaired) electrons. The van der Waals surface area contributed by atoms with Crippen molar-refractivity contribution in [3.8, 4) is 0 Å². The fourth-order valence-corrected chi connectivity index (χ4v) is 2.80. The van der Waals surface area contributed by atoms with Crippen LogP contribution in [0.2, 0.25) is 0 Å². The Labute approximate surface area is 166 Å². The molecule has 7 heteroatoms. The van der Waals surface area contributed by atoms with Crippen LogP contribution in [0.1, 0.15) is 32.3 Å². The molecular weight excluding hydrogens is 436 g/mol. The van der Waals surface area contributed by atoms with Gasteiger partial charge in [-0.25, -0.2) is 9.38 Å². The second kappa shape index (κ2) is 11.3. The summed E-state index contributed by atoms with van der Waals surface area (Å²) in [6.07, 6.45) is 1.79. The fourth-order valence-electron chi connectivity index (χ4n) is 2.80. The number of carbonyl (C=O) groups excluding carboxylic acids is 1. The van der Waals surface area contributed by atoms with Crippen LogP contribution >= 0.6 is 24.0 Å². The highest BCUT2D eigenvalue weighted by atomic mass is 127. The van der Waals surface area contributed by atoms with Crippen LogP contribution in [-0.4, -0.2) is 43.1 Å². The first-order valence-electron chi connectivity index (χ1n) is 8.58. The number of guanidine groups is 1. The average molecular weight is 463 g/mol. The van der Waals surface area contributed by atoms with Crippen LogP contribution in [0.5, 0.6) is 0 Å². The third kappa shape index (κ3) is 6.80. The molecule has 140 valence electrons. The SMILES string of the molecule is CCNC(=NCc1ccc(F)cc1)N1CCCC(C(=O)OCC)C1.I. The molecule has 0 amide bonds. The molecule has 1 heterocycles. The lowest BCUT2D eigenvalue weighted by molar-refractivity contribution is -0.149. The first-order valence-corrected chi connectivity index (χ1v) is 8.58. The van der Waals surface area contributed by atoms with Crippen LogP contribution < -0.4 is 5.32 Å². The minimum Gasteiger partial charge on any atom is -0.466 e. The van der Waals surface area contributed by atoms with Gasteiger partial charge in [0, 0.05) is 19.6 Å². The van der Waals surface area contributed by atoms with Crippen LogP contribution in [0, 0.1) is 11.7 Å². The van der Waals surface area contributed by atoms with Crippen LogP contribution in [0.15, 0.2) is 29.3 Å². The summed E-state index contributed by atoms with van der Waals surface area (Å²) in [4.78, 5) is 18.7. The van der Waals surface area contributed by atoms with Crippen molar-refractivity contribution in [2.75, 3.05) is 26.2 Å². The Morgan fingerprint density at radius 2 is 2.08 bits per heavy atom. The molecule has 0 aromatic heterocycles. The highest BCUT2D eigenvalue weighted by molar-refractivity contribution is 14.0. The number of rotatable bonds is 5. The molecule has 25 heavy (non-hydrogen) atoms. The normalized spacial score (nSPS) is 17.6. The van der Waals surface area contributed by atoms with Gasteiger partial charge in [-0.05, 0) is 44.4 Å². The number of hydrogen-bond donors (Lipinski definition) is 1. The van der Waals surface area contributed by atoms with E-state index in [2.05, 4.69) is 15.2 Å². The number of likely N-dealkylation sites (tertiary alicyclic amines) is 1. The Morgan fingerprint density at radius 3 is 2.72 bits per heavy atom. The Kier molecular flexibility index (Phi) is 9.77. The molecule has 1 fully saturated rings. The van der Waals surface area contributed by atoms with Crippen LogP contribution in [0.3, 0.4) is 0 Å². The molecule has 1 saturated heterocycles. The van der Waals surface area contributed by atoms with Gasteiger partial charge in [0.05, 0.1) is 19.1 Å². The monoisotopic (exact) mass is 463 g/mol. The molecule has 0 saturated carbocycles. The zero-order valence-corrected chi connectivity index (χ0v) is 17.2. The quantitative estimate of drug-likeness (QED) is 0.316. The number of esters is 1. The van der Waals surface area contributed by atoms with E-state index in [0.717, 1.165) is 37.5 Å². The summed E-state index contributed by atoms with van der Waals surface area (Å²) in [6, 6.07) is 6.35. The first-order chi connectivity index (χ1) is 11.6. The van der Waals surface area contributed by atoms with Crippen molar-refractivity contribution in [1.29, 1.82) is 0 Å². The predicted octanol–water partition coefficient (Wildman–Crippen LogP) is 3.18. The largest absolute Gasteiger partial charge is 0.466 e. The number of piperidine rings is 1. The lowest BCUT2D eigenvalue weighted by Crippen LogP contribution is -2.48. The topological polar surface area (TPSA) is 53.9 Å². The number of nitrogens with one attached hydrogen (secondary N) is 1. The number of nitrogens with zero attached hydrogens (tertiary/aromatic N) is 2. The third-order valence-electron chi connectivity index (χ3n) is 4.00. The van der Waals surface area contributed by atoms with Crippen molar-refractivity contribution in [2.24, 2.45) is 10.9 Å². The first kappa shape index (κ1) is 21.7. The summed E-state index contributed by atoms with van der Waals surface area (Å²) >= 11 is 0. The van der Waals surface area contributed by atoms with E-state index in [-0.39, 0.29) is 41.7 Å². The minimum absolute atomic E-state index is 0. The number of benzene rings is 1. The van der Waals surface area contributed by atoms with Gasteiger partial charge in [-0.1, -0.05) is 12.1 Å². The number of halogens is 2. The second-order valence-corrected chi connectivity index (χ2v) is 5.83. The number of hydrogen-bond acceptors (Lipinski definition) is 3. The van der Waals surface area contributed by atoms with Gasteiger partial charge in [-0.15, -0.1) is 24.0 Å². The van der Waals surface area contributed by atoms with Gasteiger partial charge in [0.15, 0.2) is 5.96 Å². The number of ether oxygens (including phenoxy) is 1. The van der Waals surface area contributed by atoms with Gasteiger partial charge >= 0.3 is 5.97 Å². The molecular formula is C18H27FIN3O2. The molecule has 0 aliphatic carbocycles. The van der Waals surface area contributed by atoms with Crippen molar-refractivity contribution < 1.29 is 13.9 Å². The molecule has 1 aromatic rings. The summed E-state index contributed by atoms with van der Waals surface area (Å²) < 4.78 is 18.1. The van der Waals surface area contributed by atoms with E-state index in [9.17, 15) is 9.18 Å². The van der Waals surface area contributed by atoms with Crippen molar-refractivity contribution >= 4 is 35.9 Å². The van der Waals surface area contributed by atoms with E-state index in [0.29, 0.717) is 19.7 Å². The molecule has 1 aliphatic rings. The summed E-state index contributed by atoms with van der Waals surface area (Å²) in [7, 11) is 0. The third-order valence-corrected chi connectivity index (χ3v) is 4.00. The standard InChI is InChI=1S/C18H26FN3O2.HI/c1-3-20-18(21-12-14-7-9-16(19)10-8-14)22-11-5-6-15(13-22)17(23)24-4-2;/h7-10,15H,3-6,11-13H2,1-2H3,(H,20,21);1H. The van der Waals surface area contributed by atoms with Gasteiger partial charge in [0.25, 0.3) is 0 Å². The van der Waals surface area contributed by atoms with Gasteiger partial charge in [0.2, 0.25) is 0 Å². The summed E-state index contributed by atoms with van der Waals surface area (Å²) in [5.74, 6) is 0.309. The molecule has 0 spiro atoms. The van der Waals surface area contributed by atoms with Gasteiger partial charge in [-0.2, -0.15) is 0 Å². The Morgan fingerprint density at radius 1 is 1.36 bits per heavy atom. The van der Waals surface area contributed by atoms with Crippen molar-refractivity contribution in [2.45, 2.75) is 33.2 Å². The van der Waals surface area contributed by atoms with Gasteiger partial charge < -0.3 is 15.0 Å². The molecule has 2 rings (SSSR count). The van der Waals surface area contributed by atoms with Gasteiger partial charge in [-0.3, -0.25) is 4.79 Å². The Balaban J connectivity index is 0.00000312. The van der Waals surface area contributed by atoms with E-state index in [1.54, 1.807) is 12.1 Å². The number of aliphatic imine (C=N–C) groups is 1. The smallest absolute Gasteiger partial charge is 0.310 e. The number of carbonyl (C=O) groups is 1. The Bertz CT molecular complexity index is 566. The Hall–Kier alpha value is -1.38. The molecule has 5 nitrogen and oxygen atoms in total. The van der Waals surface area contributed by atoms with Gasteiger partial charge in [0.1, 0.15) is 5.82 Å². The molecule has 1 aliphatic heterocycles. The lowest BCUT2D eigenvalue weighted by atomic mass is 9.98. The van der Waals surface area contributed by atoms with E-state index in [1.165, 1.54) is 12.1 Å². The highest BCUT2D eigenvalue weighted by Crippen LogP contribution is 2.18. The highest BCUT2D eigenvalue weighted by Gasteiger charge is 2.28. The van der Waals surface area contributed by atoms with E-state index < -0.39 is 0 Å². The zero-order chi connectivity index (χ0) is 17.4. The summed E-state index contributed by atoms with van der Waals surface area (Å²) in [5.41, 5.74) is 0.950. The van der Waals surface area contributed by atoms with Crippen molar-refractivity contribution in [3.05, 3.63) is 35.6 Å². The second-order valence-electron chi connectivity index (χ2n) is 5.83. The van der Waals surface area contributed by atoms with E-state index in [4.69, 9.17) is 4.74 Å². The molecule has 1 atom stereocenters. The van der Waals surface area contributed by atoms with Crippen molar-refractivity contribution in [1.82, 2.24) is 10.2 Å². The molecule has 0 bridgehead atoms. The van der Waals surface area contributed by atoms with E-state index in [1.807, 2.05) is 13.8 Å². The van der Waals surface area contributed by atoms with Crippen molar-refractivity contribution in [3.63, 3.8) is 0 Å². The molecule has 1 aromatic carbocycles. The maximum absolute atomic E-state index is 13.0. The summed E-state index contributed by atoms with van der Waals surface area (Å²) in [5, 5.41) is 3.28. The molecule has 1 unspecified atom stereocenters. The zero-order valence-electron chi connectivity index (χ0n) is 14.8. The maximum atomic E-state index is 13.0. The predicted molar refractivity (Wildman–Crippen MR) is 108 cm³/mol. The minimum atomic E-state index is -0.247. The van der Waals surface area contributed by atoms with E-state index >= 15 is 0 Å². The average Bonchev–Trinajstić information content (AvgIpc) is 2.60. The lowest BCUT2D eigenvalue weighted by Gasteiger charge is -2.34. The van der Waals surface area contributed by atoms with Crippen LogP contribution in [-0.2, 0) is 16.1 Å². The fraction of sp³-hybridized carbons (Fsp3) is 0.556. The van der Waals surface area contributed by atoms with Crippen LogP contribution in [0.25, 0.3) is 0 Å². The maximum Gasteiger partial charge on any atom is 0.310 e. The van der Waals surface area contributed by atoms with Crippen LogP contribution in [0.4, 0.5) is 4.39 Å². The molecule has 1 N–H and O–H groups in total.